The quantitative estimate of drug-likeness (QED) is 0.774. The molecule has 1 atom stereocenters. The van der Waals surface area contributed by atoms with Crippen molar-refractivity contribution in [1.29, 1.82) is 5.26 Å². The van der Waals surface area contributed by atoms with Crippen LogP contribution in [0.2, 0.25) is 0 Å². The lowest BCUT2D eigenvalue weighted by molar-refractivity contribution is -0.125. The van der Waals surface area contributed by atoms with E-state index in [0.29, 0.717) is 41.0 Å². The summed E-state index contributed by atoms with van der Waals surface area (Å²) in [5.74, 6) is 0.0305. The molecule has 1 saturated heterocycles. The highest BCUT2D eigenvalue weighted by molar-refractivity contribution is 6.02. The van der Waals surface area contributed by atoms with Crippen LogP contribution in [0.25, 0.3) is 0 Å². The van der Waals surface area contributed by atoms with Crippen LogP contribution in [0.15, 0.2) is 36.4 Å². The molecule has 7 heteroatoms. The largest absolute Gasteiger partial charge is 0.487 e. The maximum absolute atomic E-state index is 13.0. The number of nitrogens with one attached hydrogen (secondary N) is 1. The average Bonchev–Trinajstić information content (AvgIpc) is 2.95. The molecular weight excluding hydrogens is 382 g/mol. The van der Waals surface area contributed by atoms with E-state index in [0.717, 1.165) is 24.7 Å². The lowest BCUT2D eigenvalue weighted by Crippen LogP contribution is -2.45. The van der Waals surface area contributed by atoms with Crippen LogP contribution in [0.5, 0.6) is 5.75 Å². The van der Waals surface area contributed by atoms with Crippen molar-refractivity contribution < 1.29 is 19.1 Å². The summed E-state index contributed by atoms with van der Waals surface area (Å²) in [4.78, 5) is 37.9. The number of rotatable bonds is 5. The first kappa shape index (κ1) is 19.6. The molecule has 0 aromatic heterocycles. The summed E-state index contributed by atoms with van der Waals surface area (Å²) in [6.07, 6.45) is 3.16. The van der Waals surface area contributed by atoms with Crippen molar-refractivity contribution in [1.82, 2.24) is 10.2 Å². The molecule has 2 aliphatic rings. The Morgan fingerprint density at radius 1 is 1.17 bits per heavy atom. The van der Waals surface area contributed by atoms with Gasteiger partial charge in [0.25, 0.3) is 5.91 Å². The summed E-state index contributed by atoms with van der Waals surface area (Å²) >= 11 is 0. The summed E-state index contributed by atoms with van der Waals surface area (Å²) < 4.78 is 5.98. The molecule has 2 heterocycles. The van der Waals surface area contributed by atoms with Gasteiger partial charge in [0, 0.05) is 23.2 Å². The van der Waals surface area contributed by atoms with Gasteiger partial charge in [0.05, 0.1) is 12.1 Å². The third-order valence-electron chi connectivity index (χ3n) is 5.58. The molecule has 1 N–H and O–H groups in total. The van der Waals surface area contributed by atoms with E-state index >= 15 is 0 Å². The van der Waals surface area contributed by atoms with Crippen LogP contribution in [0.4, 0.5) is 0 Å². The van der Waals surface area contributed by atoms with Gasteiger partial charge in [0.2, 0.25) is 5.91 Å². The van der Waals surface area contributed by atoms with Crippen molar-refractivity contribution in [2.24, 2.45) is 0 Å². The lowest BCUT2D eigenvalue weighted by atomic mass is 10.0. The molecule has 0 aliphatic carbocycles. The summed E-state index contributed by atoms with van der Waals surface area (Å²) in [6, 6.07) is 11.8. The Morgan fingerprint density at radius 3 is 2.70 bits per heavy atom. The Bertz CT molecular complexity index is 1040. The van der Waals surface area contributed by atoms with E-state index in [1.54, 1.807) is 41.3 Å². The lowest BCUT2D eigenvalue weighted by Gasteiger charge is -2.25. The number of nitriles is 1. The van der Waals surface area contributed by atoms with Crippen molar-refractivity contribution in [2.45, 2.75) is 38.5 Å². The Kier molecular flexibility index (Phi) is 5.48. The fourth-order valence-corrected chi connectivity index (χ4v) is 3.96. The monoisotopic (exact) mass is 403 g/mol. The second kappa shape index (κ2) is 8.37. The number of benzene rings is 2. The summed E-state index contributed by atoms with van der Waals surface area (Å²) in [5.41, 5.74) is 2.86. The molecule has 1 fully saturated rings. The van der Waals surface area contributed by atoms with Gasteiger partial charge in [-0.3, -0.25) is 14.4 Å². The highest BCUT2D eigenvalue weighted by Crippen LogP contribution is 2.36. The summed E-state index contributed by atoms with van der Waals surface area (Å²) in [6.45, 7) is 1.06. The summed E-state index contributed by atoms with van der Waals surface area (Å²) in [7, 11) is 0. The van der Waals surface area contributed by atoms with Crippen LogP contribution in [-0.2, 0) is 17.9 Å². The number of nitrogens with zero attached hydrogens (tertiary/aromatic N) is 2. The normalized spacial score (nSPS) is 18.2. The first-order chi connectivity index (χ1) is 14.6. The number of carbonyl (C=O) groups excluding carboxylic acids is 3. The predicted molar refractivity (Wildman–Crippen MR) is 108 cm³/mol. The van der Waals surface area contributed by atoms with E-state index in [1.807, 2.05) is 0 Å². The Balaban J connectivity index is 1.61. The molecule has 4 rings (SSSR count). The highest BCUT2D eigenvalue weighted by Gasteiger charge is 2.38. The number of amides is 2. The zero-order valence-electron chi connectivity index (χ0n) is 16.4. The first-order valence-electron chi connectivity index (χ1n) is 9.94. The molecule has 0 unspecified atom stereocenters. The SMILES string of the molecule is N#Cc1ccc2c(c1OCc1ccc(C=O)cc1)CN([C@H]1CCCCNC1=O)C2=O. The van der Waals surface area contributed by atoms with Gasteiger partial charge >= 0.3 is 0 Å². The fourth-order valence-electron chi connectivity index (χ4n) is 3.96. The molecule has 30 heavy (non-hydrogen) atoms. The highest BCUT2D eigenvalue weighted by atomic mass is 16.5. The van der Waals surface area contributed by atoms with Gasteiger partial charge in [0.1, 0.15) is 30.8 Å². The number of carbonyl (C=O) groups is 3. The van der Waals surface area contributed by atoms with Gasteiger partial charge in [-0.05, 0) is 37.0 Å². The van der Waals surface area contributed by atoms with E-state index in [9.17, 15) is 19.6 Å². The van der Waals surface area contributed by atoms with Gasteiger partial charge in [-0.1, -0.05) is 24.3 Å². The molecule has 0 spiro atoms. The van der Waals surface area contributed by atoms with E-state index in [1.165, 1.54) is 0 Å². The van der Waals surface area contributed by atoms with Crippen LogP contribution < -0.4 is 10.1 Å². The van der Waals surface area contributed by atoms with Crippen molar-refractivity contribution in [3.8, 4) is 11.8 Å². The number of hydrogen-bond acceptors (Lipinski definition) is 5. The molecule has 7 nitrogen and oxygen atoms in total. The van der Waals surface area contributed by atoms with Gasteiger partial charge in [-0.2, -0.15) is 5.26 Å². The fraction of sp³-hybridized carbons (Fsp3) is 0.304. The molecule has 0 saturated carbocycles. The van der Waals surface area contributed by atoms with Gasteiger partial charge in [0.15, 0.2) is 0 Å². The molecule has 0 bridgehead atoms. The maximum Gasteiger partial charge on any atom is 0.255 e. The number of ether oxygens (including phenoxy) is 1. The third-order valence-corrected chi connectivity index (χ3v) is 5.58. The second-order valence-electron chi connectivity index (χ2n) is 7.46. The first-order valence-corrected chi connectivity index (χ1v) is 9.94. The molecule has 2 amide bonds. The van der Waals surface area contributed by atoms with Gasteiger partial charge < -0.3 is 15.0 Å². The number of aldehydes is 1. The van der Waals surface area contributed by atoms with Crippen molar-refractivity contribution in [3.05, 3.63) is 64.2 Å². The van der Waals surface area contributed by atoms with Crippen LogP contribution >= 0.6 is 0 Å². The molecule has 0 radical (unpaired) electrons. The second-order valence-corrected chi connectivity index (χ2v) is 7.46. The number of fused-ring (bicyclic) bond motifs is 1. The predicted octanol–water partition coefficient (Wildman–Crippen LogP) is 2.57. The van der Waals surface area contributed by atoms with Crippen molar-refractivity contribution in [2.75, 3.05) is 6.54 Å². The van der Waals surface area contributed by atoms with E-state index in [-0.39, 0.29) is 25.0 Å². The zero-order chi connectivity index (χ0) is 21.1. The number of hydrogen-bond donors (Lipinski definition) is 1. The van der Waals surface area contributed by atoms with E-state index in [2.05, 4.69) is 11.4 Å². The zero-order valence-corrected chi connectivity index (χ0v) is 16.4. The van der Waals surface area contributed by atoms with E-state index in [4.69, 9.17) is 4.74 Å². The summed E-state index contributed by atoms with van der Waals surface area (Å²) in [5, 5.41) is 12.4. The third kappa shape index (κ3) is 3.64. The Morgan fingerprint density at radius 2 is 1.97 bits per heavy atom. The topological polar surface area (TPSA) is 99.5 Å². The molecular formula is C23H21N3O4. The van der Waals surface area contributed by atoms with Gasteiger partial charge in [-0.15, -0.1) is 0 Å². The van der Waals surface area contributed by atoms with Crippen LogP contribution in [-0.4, -0.2) is 35.6 Å². The molecule has 152 valence electrons. The van der Waals surface area contributed by atoms with Gasteiger partial charge in [-0.25, -0.2) is 0 Å². The average molecular weight is 403 g/mol. The Labute approximate surface area is 174 Å². The minimum absolute atomic E-state index is 0.133. The standard InChI is InChI=1S/C23H21N3O4/c24-11-17-8-9-18-19(21(17)30-14-16-6-4-15(13-27)5-7-16)12-26(23(18)29)20-3-1-2-10-25-22(20)28/h4-9,13,20H,1-3,10,12,14H2,(H,25,28)/t20-/m0/s1. The smallest absolute Gasteiger partial charge is 0.255 e. The minimum atomic E-state index is -0.512. The molecule has 2 aromatic carbocycles. The Hall–Kier alpha value is -3.66. The molecule has 2 aliphatic heterocycles. The van der Waals surface area contributed by atoms with E-state index < -0.39 is 6.04 Å². The van der Waals surface area contributed by atoms with Crippen LogP contribution in [0.1, 0.15) is 56.7 Å². The van der Waals surface area contributed by atoms with Crippen LogP contribution in [0, 0.1) is 11.3 Å². The molecule has 2 aromatic rings. The maximum atomic E-state index is 13.0. The van der Waals surface area contributed by atoms with Crippen molar-refractivity contribution in [3.63, 3.8) is 0 Å². The van der Waals surface area contributed by atoms with Crippen LogP contribution in [0.3, 0.4) is 0 Å². The minimum Gasteiger partial charge on any atom is -0.487 e. The van der Waals surface area contributed by atoms with Crippen molar-refractivity contribution >= 4 is 18.1 Å².